The SMILES string of the molecule is O=C(COc1ccc(Br)cc1Cl)Oc1ccc(C(=O)O)cc1. The fraction of sp³-hybridized carbons (Fsp3) is 0.0667. The molecule has 0 aliphatic rings. The normalized spacial score (nSPS) is 10.1. The van der Waals surface area contributed by atoms with Crippen LogP contribution in [0.4, 0.5) is 0 Å². The summed E-state index contributed by atoms with van der Waals surface area (Å²) in [6, 6.07) is 10.5. The monoisotopic (exact) mass is 384 g/mol. The number of benzene rings is 2. The highest BCUT2D eigenvalue weighted by Crippen LogP contribution is 2.27. The Balaban J connectivity index is 1.91. The topological polar surface area (TPSA) is 72.8 Å². The van der Waals surface area contributed by atoms with Crippen LogP contribution in [0.1, 0.15) is 10.4 Å². The first-order valence-electron chi connectivity index (χ1n) is 6.07. The molecular formula is C15H10BrClO5. The number of carboxylic acid groups (broad SMARTS) is 1. The molecule has 114 valence electrons. The number of halogens is 2. The van der Waals surface area contributed by atoms with Gasteiger partial charge in [0.2, 0.25) is 0 Å². The van der Waals surface area contributed by atoms with E-state index in [2.05, 4.69) is 15.9 Å². The fourth-order valence-corrected chi connectivity index (χ4v) is 2.28. The Morgan fingerprint density at radius 2 is 1.82 bits per heavy atom. The molecule has 0 atom stereocenters. The predicted octanol–water partition coefficient (Wildman–Crippen LogP) is 3.79. The molecule has 0 aliphatic carbocycles. The molecule has 5 nitrogen and oxygen atoms in total. The molecule has 7 heteroatoms. The lowest BCUT2D eigenvalue weighted by atomic mass is 10.2. The molecule has 2 rings (SSSR count). The molecule has 0 heterocycles. The molecule has 2 aromatic carbocycles. The second-order valence-corrected chi connectivity index (χ2v) is 5.49. The number of hydrogen-bond acceptors (Lipinski definition) is 4. The summed E-state index contributed by atoms with van der Waals surface area (Å²) in [4.78, 5) is 22.4. The zero-order valence-corrected chi connectivity index (χ0v) is 13.4. The van der Waals surface area contributed by atoms with Crippen molar-refractivity contribution in [1.82, 2.24) is 0 Å². The zero-order valence-electron chi connectivity index (χ0n) is 11.1. The van der Waals surface area contributed by atoms with Crippen molar-refractivity contribution < 1.29 is 24.2 Å². The summed E-state index contributed by atoms with van der Waals surface area (Å²) in [6.07, 6.45) is 0. The Kier molecular flexibility index (Phi) is 5.41. The van der Waals surface area contributed by atoms with Gasteiger partial charge < -0.3 is 14.6 Å². The van der Waals surface area contributed by atoms with E-state index < -0.39 is 11.9 Å². The van der Waals surface area contributed by atoms with E-state index in [1.54, 1.807) is 18.2 Å². The van der Waals surface area contributed by atoms with E-state index in [9.17, 15) is 9.59 Å². The molecular weight excluding hydrogens is 376 g/mol. The molecule has 22 heavy (non-hydrogen) atoms. The minimum atomic E-state index is -1.05. The number of rotatable bonds is 5. The van der Waals surface area contributed by atoms with Gasteiger partial charge in [-0.05, 0) is 42.5 Å². The van der Waals surface area contributed by atoms with Gasteiger partial charge in [-0.25, -0.2) is 9.59 Å². The highest BCUT2D eigenvalue weighted by atomic mass is 79.9. The van der Waals surface area contributed by atoms with Crippen LogP contribution in [-0.2, 0) is 4.79 Å². The van der Waals surface area contributed by atoms with Crippen LogP contribution in [0.15, 0.2) is 46.9 Å². The van der Waals surface area contributed by atoms with Gasteiger partial charge in [0, 0.05) is 4.47 Å². The largest absolute Gasteiger partial charge is 0.480 e. The third kappa shape index (κ3) is 4.47. The summed E-state index contributed by atoms with van der Waals surface area (Å²) in [6.45, 7) is -0.317. The van der Waals surface area contributed by atoms with Crippen molar-refractivity contribution in [2.24, 2.45) is 0 Å². The molecule has 0 saturated heterocycles. The molecule has 0 unspecified atom stereocenters. The first-order valence-corrected chi connectivity index (χ1v) is 7.24. The van der Waals surface area contributed by atoms with E-state index >= 15 is 0 Å². The molecule has 2 aromatic rings. The number of carbonyl (C=O) groups is 2. The highest BCUT2D eigenvalue weighted by Gasteiger charge is 2.09. The van der Waals surface area contributed by atoms with Gasteiger partial charge in [0.05, 0.1) is 10.6 Å². The van der Waals surface area contributed by atoms with Gasteiger partial charge in [0.15, 0.2) is 6.61 Å². The van der Waals surface area contributed by atoms with Crippen LogP contribution < -0.4 is 9.47 Å². The molecule has 0 saturated carbocycles. The number of carbonyl (C=O) groups excluding carboxylic acids is 1. The van der Waals surface area contributed by atoms with Gasteiger partial charge in [0.1, 0.15) is 11.5 Å². The molecule has 0 aliphatic heterocycles. The first-order chi connectivity index (χ1) is 10.5. The number of hydrogen-bond donors (Lipinski definition) is 1. The van der Waals surface area contributed by atoms with Crippen molar-refractivity contribution in [2.45, 2.75) is 0 Å². The van der Waals surface area contributed by atoms with Gasteiger partial charge in [-0.1, -0.05) is 27.5 Å². The van der Waals surface area contributed by atoms with Gasteiger partial charge in [0.25, 0.3) is 0 Å². The van der Waals surface area contributed by atoms with Crippen LogP contribution in [0, 0.1) is 0 Å². The van der Waals surface area contributed by atoms with Crippen molar-refractivity contribution in [3.63, 3.8) is 0 Å². The van der Waals surface area contributed by atoms with E-state index in [0.717, 1.165) is 4.47 Å². The molecule has 0 spiro atoms. The number of ether oxygens (including phenoxy) is 2. The summed E-state index contributed by atoms with van der Waals surface area (Å²) in [5.74, 6) is -1.07. The molecule has 0 aromatic heterocycles. The number of aromatic carboxylic acids is 1. The van der Waals surface area contributed by atoms with Crippen LogP contribution in [0.5, 0.6) is 11.5 Å². The summed E-state index contributed by atoms with van der Waals surface area (Å²) in [5.41, 5.74) is 0.109. The van der Waals surface area contributed by atoms with Crippen molar-refractivity contribution in [3.05, 3.63) is 57.5 Å². The van der Waals surface area contributed by atoms with Crippen molar-refractivity contribution >= 4 is 39.5 Å². The van der Waals surface area contributed by atoms with Crippen LogP contribution in [0.2, 0.25) is 5.02 Å². The molecule has 0 amide bonds. The second kappa shape index (κ2) is 7.29. The Bertz CT molecular complexity index is 700. The average Bonchev–Trinajstić information content (AvgIpc) is 2.47. The Labute approximate surface area is 139 Å². The number of esters is 1. The predicted molar refractivity (Wildman–Crippen MR) is 83.7 cm³/mol. The highest BCUT2D eigenvalue weighted by molar-refractivity contribution is 9.10. The minimum absolute atomic E-state index is 0.109. The molecule has 0 bridgehead atoms. The third-order valence-electron chi connectivity index (χ3n) is 2.57. The Morgan fingerprint density at radius 1 is 1.14 bits per heavy atom. The molecule has 1 N–H and O–H groups in total. The first kappa shape index (κ1) is 16.3. The van der Waals surface area contributed by atoms with E-state index in [4.69, 9.17) is 26.2 Å². The third-order valence-corrected chi connectivity index (χ3v) is 3.36. The van der Waals surface area contributed by atoms with E-state index in [0.29, 0.717) is 10.8 Å². The summed E-state index contributed by atoms with van der Waals surface area (Å²) in [7, 11) is 0. The fourth-order valence-electron chi connectivity index (χ4n) is 1.56. The lowest BCUT2D eigenvalue weighted by Crippen LogP contribution is -2.17. The Morgan fingerprint density at radius 3 is 2.41 bits per heavy atom. The smallest absolute Gasteiger partial charge is 0.349 e. The average molecular weight is 386 g/mol. The standard InChI is InChI=1S/C15H10BrClO5/c16-10-3-6-13(12(17)7-10)21-8-14(18)22-11-4-1-9(2-5-11)15(19)20/h1-7H,8H2,(H,19,20). The van der Waals surface area contributed by atoms with Crippen LogP contribution in [0.25, 0.3) is 0 Å². The summed E-state index contributed by atoms with van der Waals surface area (Å²) >= 11 is 9.22. The molecule has 0 radical (unpaired) electrons. The van der Waals surface area contributed by atoms with Crippen molar-refractivity contribution in [1.29, 1.82) is 0 Å². The maximum atomic E-state index is 11.7. The minimum Gasteiger partial charge on any atom is -0.480 e. The summed E-state index contributed by atoms with van der Waals surface area (Å²) < 4.78 is 11.1. The van der Waals surface area contributed by atoms with Crippen molar-refractivity contribution in [3.8, 4) is 11.5 Å². The Hall–Kier alpha value is -2.05. The van der Waals surface area contributed by atoms with Crippen LogP contribution >= 0.6 is 27.5 Å². The maximum Gasteiger partial charge on any atom is 0.349 e. The zero-order chi connectivity index (χ0) is 16.1. The van der Waals surface area contributed by atoms with Gasteiger partial charge in [-0.3, -0.25) is 0 Å². The van der Waals surface area contributed by atoms with Crippen molar-refractivity contribution in [2.75, 3.05) is 6.61 Å². The maximum absolute atomic E-state index is 11.7. The van der Waals surface area contributed by atoms with Gasteiger partial charge in [-0.2, -0.15) is 0 Å². The van der Waals surface area contributed by atoms with Gasteiger partial charge in [-0.15, -0.1) is 0 Å². The second-order valence-electron chi connectivity index (χ2n) is 4.17. The van der Waals surface area contributed by atoms with Crippen LogP contribution in [0.3, 0.4) is 0 Å². The lowest BCUT2D eigenvalue weighted by molar-refractivity contribution is -0.136. The van der Waals surface area contributed by atoms with Gasteiger partial charge >= 0.3 is 11.9 Å². The van der Waals surface area contributed by atoms with E-state index in [1.807, 2.05) is 0 Å². The quantitative estimate of drug-likeness (QED) is 0.626. The van der Waals surface area contributed by atoms with Crippen LogP contribution in [-0.4, -0.2) is 23.7 Å². The summed E-state index contributed by atoms with van der Waals surface area (Å²) in [5, 5.41) is 9.14. The number of carboxylic acids is 1. The van der Waals surface area contributed by atoms with E-state index in [-0.39, 0.29) is 17.9 Å². The lowest BCUT2D eigenvalue weighted by Gasteiger charge is -2.08. The molecule has 0 fully saturated rings. The van der Waals surface area contributed by atoms with E-state index in [1.165, 1.54) is 24.3 Å².